The first-order valence-corrected chi connectivity index (χ1v) is 5.98. The van der Waals surface area contributed by atoms with E-state index in [0.29, 0.717) is 27.6 Å². The largest absolute Gasteiger partial charge is 0.493 e. The zero-order valence-corrected chi connectivity index (χ0v) is 11.8. The Morgan fingerprint density at radius 2 is 2.05 bits per heavy atom. The number of benzene rings is 1. The molecule has 1 aromatic heterocycles. The number of nitrogens with zero attached hydrogens (tertiary/aromatic N) is 1. The Kier molecular flexibility index (Phi) is 3.85. The second kappa shape index (κ2) is 5.42. The first-order chi connectivity index (χ1) is 9.49. The van der Waals surface area contributed by atoms with Crippen LogP contribution in [-0.4, -0.2) is 30.5 Å². The topological polar surface area (TPSA) is 81.8 Å². The van der Waals surface area contributed by atoms with E-state index in [4.69, 9.17) is 30.7 Å². The van der Waals surface area contributed by atoms with Gasteiger partial charge in [-0.1, -0.05) is 16.8 Å². The van der Waals surface area contributed by atoms with E-state index in [1.165, 1.54) is 20.3 Å². The zero-order valence-electron chi connectivity index (χ0n) is 11.1. The van der Waals surface area contributed by atoms with Gasteiger partial charge >= 0.3 is 5.97 Å². The lowest BCUT2D eigenvalue weighted by Crippen LogP contribution is -1.96. The number of carboxylic acids is 1. The minimum Gasteiger partial charge on any atom is -0.493 e. The zero-order chi connectivity index (χ0) is 14.9. The van der Waals surface area contributed by atoms with Crippen molar-refractivity contribution >= 4 is 17.6 Å². The Morgan fingerprint density at radius 3 is 2.55 bits per heavy atom. The Hall–Kier alpha value is -2.21. The van der Waals surface area contributed by atoms with Crippen molar-refractivity contribution in [3.05, 3.63) is 28.4 Å². The Morgan fingerprint density at radius 1 is 1.35 bits per heavy atom. The van der Waals surface area contributed by atoms with Crippen molar-refractivity contribution in [3.8, 4) is 22.8 Å². The molecule has 0 saturated carbocycles. The fraction of sp³-hybridized carbons (Fsp3) is 0.231. The highest BCUT2D eigenvalue weighted by atomic mass is 35.5. The number of methoxy groups -OCH3 is 2. The summed E-state index contributed by atoms with van der Waals surface area (Å²) in [5, 5.41) is 12.8. The van der Waals surface area contributed by atoms with Gasteiger partial charge in [-0.05, 0) is 12.5 Å². The number of carbonyl (C=O) groups is 1. The maximum absolute atomic E-state index is 10.9. The van der Waals surface area contributed by atoms with Crippen LogP contribution in [0.15, 0.2) is 16.7 Å². The van der Waals surface area contributed by atoms with Gasteiger partial charge in [-0.2, -0.15) is 0 Å². The van der Waals surface area contributed by atoms with Crippen molar-refractivity contribution in [2.24, 2.45) is 0 Å². The molecule has 0 aliphatic rings. The molecule has 7 heteroatoms. The minimum atomic E-state index is -1.18. The molecule has 1 heterocycles. The molecule has 0 aliphatic heterocycles. The van der Waals surface area contributed by atoms with Crippen molar-refractivity contribution in [1.82, 2.24) is 5.16 Å². The van der Waals surface area contributed by atoms with Crippen molar-refractivity contribution in [1.29, 1.82) is 0 Å². The molecule has 1 aromatic carbocycles. The molecule has 0 amide bonds. The Bertz CT molecular complexity index is 665. The molecule has 0 saturated heterocycles. The van der Waals surface area contributed by atoms with Crippen LogP contribution in [0.4, 0.5) is 0 Å². The first-order valence-electron chi connectivity index (χ1n) is 5.61. The molecule has 0 spiro atoms. The lowest BCUT2D eigenvalue weighted by atomic mass is 10.0. The van der Waals surface area contributed by atoms with Crippen LogP contribution >= 0.6 is 11.6 Å². The van der Waals surface area contributed by atoms with Crippen molar-refractivity contribution in [2.75, 3.05) is 14.2 Å². The maximum atomic E-state index is 10.9. The van der Waals surface area contributed by atoms with E-state index >= 15 is 0 Å². The third-order valence-electron chi connectivity index (χ3n) is 2.84. The summed E-state index contributed by atoms with van der Waals surface area (Å²) in [5.74, 6) is -0.1000. The predicted molar refractivity (Wildman–Crippen MR) is 71.7 cm³/mol. The highest BCUT2D eigenvalue weighted by Gasteiger charge is 2.22. The standard InChI is InChI=1S/C13H12ClNO5/c1-6-7(14)4-10(18-2)12(19-3)11(6)9-5-8(13(16)17)15-20-9/h4-5H,1-3H3,(H,16,17). The van der Waals surface area contributed by atoms with E-state index in [9.17, 15) is 4.79 Å². The third kappa shape index (κ3) is 2.30. The van der Waals surface area contributed by atoms with Gasteiger partial charge in [-0.15, -0.1) is 0 Å². The summed E-state index contributed by atoms with van der Waals surface area (Å²) in [6, 6.07) is 2.93. The number of hydrogen-bond donors (Lipinski definition) is 1. The van der Waals surface area contributed by atoms with Gasteiger partial charge in [-0.3, -0.25) is 0 Å². The Balaban J connectivity index is 2.70. The fourth-order valence-corrected chi connectivity index (χ4v) is 2.04. The monoisotopic (exact) mass is 297 g/mol. The molecule has 0 unspecified atom stereocenters. The average Bonchev–Trinajstić information content (AvgIpc) is 2.90. The number of ether oxygens (including phenoxy) is 2. The predicted octanol–water partition coefficient (Wildman–Crippen LogP) is 3.02. The quantitative estimate of drug-likeness (QED) is 0.934. The van der Waals surface area contributed by atoms with E-state index < -0.39 is 5.97 Å². The van der Waals surface area contributed by atoms with E-state index in [2.05, 4.69) is 5.16 Å². The van der Waals surface area contributed by atoms with E-state index in [1.54, 1.807) is 13.0 Å². The number of aromatic nitrogens is 1. The lowest BCUT2D eigenvalue weighted by molar-refractivity contribution is 0.0686. The van der Waals surface area contributed by atoms with Gasteiger partial charge in [0.25, 0.3) is 0 Å². The molecule has 0 fully saturated rings. The summed E-state index contributed by atoms with van der Waals surface area (Å²) < 4.78 is 15.6. The van der Waals surface area contributed by atoms with Gasteiger partial charge < -0.3 is 19.1 Å². The number of halogens is 1. The number of hydrogen-bond acceptors (Lipinski definition) is 5. The molecule has 1 N–H and O–H groups in total. The third-order valence-corrected chi connectivity index (χ3v) is 3.23. The van der Waals surface area contributed by atoms with E-state index in [0.717, 1.165) is 0 Å². The highest BCUT2D eigenvalue weighted by Crippen LogP contribution is 2.43. The van der Waals surface area contributed by atoms with Crippen LogP contribution in [0.3, 0.4) is 0 Å². The Labute approximate surface area is 119 Å². The van der Waals surface area contributed by atoms with Crippen molar-refractivity contribution in [2.45, 2.75) is 6.92 Å². The van der Waals surface area contributed by atoms with Crippen LogP contribution in [0.2, 0.25) is 5.02 Å². The number of rotatable bonds is 4. The van der Waals surface area contributed by atoms with Crippen molar-refractivity contribution < 1.29 is 23.9 Å². The van der Waals surface area contributed by atoms with Gasteiger partial charge in [0, 0.05) is 17.2 Å². The molecule has 0 atom stereocenters. The van der Waals surface area contributed by atoms with Crippen LogP contribution in [0.25, 0.3) is 11.3 Å². The number of aromatic carboxylic acids is 1. The number of carboxylic acid groups (broad SMARTS) is 1. The molecular formula is C13H12ClNO5. The van der Waals surface area contributed by atoms with Crippen LogP contribution in [0.1, 0.15) is 16.1 Å². The van der Waals surface area contributed by atoms with Crippen molar-refractivity contribution in [3.63, 3.8) is 0 Å². The van der Waals surface area contributed by atoms with E-state index in [-0.39, 0.29) is 11.5 Å². The van der Waals surface area contributed by atoms with E-state index in [1.807, 2.05) is 0 Å². The van der Waals surface area contributed by atoms with Crippen LogP contribution in [-0.2, 0) is 0 Å². The molecule has 20 heavy (non-hydrogen) atoms. The average molecular weight is 298 g/mol. The van der Waals surface area contributed by atoms with Gasteiger partial charge in [0.1, 0.15) is 0 Å². The molecule has 106 valence electrons. The van der Waals surface area contributed by atoms with Gasteiger partial charge in [0.2, 0.25) is 0 Å². The maximum Gasteiger partial charge on any atom is 0.358 e. The summed E-state index contributed by atoms with van der Waals surface area (Å²) in [4.78, 5) is 10.9. The molecule has 2 rings (SSSR count). The lowest BCUT2D eigenvalue weighted by Gasteiger charge is -2.14. The SMILES string of the molecule is COc1cc(Cl)c(C)c(-c2cc(C(=O)O)no2)c1OC. The fourth-order valence-electron chi connectivity index (χ4n) is 1.85. The smallest absolute Gasteiger partial charge is 0.358 e. The molecule has 0 bridgehead atoms. The van der Waals surface area contributed by atoms with Gasteiger partial charge in [-0.25, -0.2) is 4.79 Å². The summed E-state index contributed by atoms with van der Waals surface area (Å²) >= 11 is 6.13. The second-order valence-corrected chi connectivity index (χ2v) is 4.38. The molecular weight excluding hydrogens is 286 g/mol. The molecule has 2 aromatic rings. The van der Waals surface area contributed by atoms with Crippen LogP contribution in [0.5, 0.6) is 11.5 Å². The second-order valence-electron chi connectivity index (χ2n) is 3.98. The molecule has 6 nitrogen and oxygen atoms in total. The first kappa shape index (κ1) is 14.2. The minimum absolute atomic E-state index is 0.194. The molecule has 0 radical (unpaired) electrons. The summed E-state index contributed by atoms with van der Waals surface area (Å²) in [7, 11) is 2.96. The highest BCUT2D eigenvalue weighted by molar-refractivity contribution is 6.32. The van der Waals surface area contributed by atoms with Crippen LogP contribution < -0.4 is 9.47 Å². The summed E-state index contributed by atoms with van der Waals surface area (Å²) in [5.41, 5.74) is 0.995. The van der Waals surface area contributed by atoms with Gasteiger partial charge in [0.05, 0.1) is 19.8 Å². The molecule has 0 aliphatic carbocycles. The van der Waals surface area contributed by atoms with Crippen LogP contribution in [0, 0.1) is 6.92 Å². The van der Waals surface area contributed by atoms with Gasteiger partial charge in [0.15, 0.2) is 23.0 Å². The normalized spacial score (nSPS) is 10.4. The summed E-state index contributed by atoms with van der Waals surface area (Å²) in [6.07, 6.45) is 0. The summed E-state index contributed by atoms with van der Waals surface area (Å²) in [6.45, 7) is 1.77.